The van der Waals surface area contributed by atoms with Gasteiger partial charge in [0.05, 0.1) is 36.0 Å². The number of H-pyrrole nitrogens is 1. The van der Waals surface area contributed by atoms with E-state index in [1.54, 1.807) is 0 Å². The number of amides is 2. The van der Waals surface area contributed by atoms with Gasteiger partial charge in [-0.25, -0.2) is 4.98 Å². The predicted octanol–water partition coefficient (Wildman–Crippen LogP) is 3.21. The third kappa shape index (κ3) is 3.77. The first-order valence-corrected chi connectivity index (χ1v) is 8.62. The summed E-state index contributed by atoms with van der Waals surface area (Å²) >= 11 is 0. The number of imidazole rings is 1. The zero-order chi connectivity index (χ0) is 20.8. The highest BCUT2D eigenvalue weighted by Crippen LogP contribution is 2.33. The first-order valence-electron chi connectivity index (χ1n) is 8.62. The highest BCUT2D eigenvalue weighted by Gasteiger charge is 2.35. The van der Waals surface area contributed by atoms with Gasteiger partial charge in [0.2, 0.25) is 0 Å². The first kappa shape index (κ1) is 21.4. The van der Waals surface area contributed by atoms with Crippen LogP contribution in [0.2, 0.25) is 0 Å². The number of halogens is 3. The second-order valence-electron chi connectivity index (χ2n) is 6.58. The summed E-state index contributed by atoms with van der Waals surface area (Å²) in [5.41, 5.74) is 0.0971. The number of nitrogens with zero attached hydrogens (tertiary/aromatic N) is 4. The van der Waals surface area contributed by atoms with Crippen LogP contribution >= 0.6 is 13.5 Å². The number of hydrogen-bond donors (Lipinski definition) is 2. The lowest BCUT2D eigenvalue weighted by atomic mass is 10.1. The number of benzene rings is 1. The van der Waals surface area contributed by atoms with E-state index in [2.05, 4.69) is 20.4 Å². The molecule has 0 unspecified atom stereocenters. The van der Waals surface area contributed by atoms with Crippen molar-refractivity contribution >= 4 is 36.7 Å². The Labute approximate surface area is 175 Å². The van der Waals surface area contributed by atoms with E-state index in [0.29, 0.717) is 5.69 Å². The van der Waals surface area contributed by atoms with Crippen LogP contribution in [-0.4, -0.2) is 38.1 Å². The van der Waals surface area contributed by atoms with Crippen LogP contribution in [0.3, 0.4) is 0 Å². The molecule has 0 aliphatic carbocycles. The van der Waals surface area contributed by atoms with E-state index in [0.717, 1.165) is 12.1 Å². The van der Waals surface area contributed by atoms with Crippen LogP contribution in [-0.2, 0) is 6.18 Å². The minimum Gasteiger partial charge on any atom is -0.341 e. The van der Waals surface area contributed by atoms with Crippen LogP contribution in [0.15, 0.2) is 43.0 Å². The number of fused-ring (bicyclic) bond motifs is 1. The summed E-state index contributed by atoms with van der Waals surface area (Å²) in [4.78, 5) is 33.1. The molecule has 3 heterocycles. The molecule has 4 rings (SSSR count). The molecule has 1 aromatic carbocycles. The van der Waals surface area contributed by atoms with E-state index in [1.165, 1.54) is 40.4 Å². The lowest BCUT2D eigenvalue weighted by Gasteiger charge is -2.32. The molecular formula is C18H17F3N6O2S. The Bertz CT molecular complexity index is 1060. The van der Waals surface area contributed by atoms with Gasteiger partial charge in [-0.3, -0.25) is 14.3 Å². The van der Waals surface area contributed by atoms with Gasteiger partial charge in [0, 0.05) is 12.2 Å². The fraction of sp³-hybridized carbons (Fsp3) is 0.222. The SMILES string of the molecule is C[C@H]1CN(c2ccc(C(F)(F)F)cc2)C(=O)c2c(NC(=O)c3cnc[nH]3)cnn21.S. The van der Waals surface area contributed by atoms with E-state index < -0.39 is 23.6 Å². The second kappa shape index (κ2) is 7.86. The van der Waals surface area contributed by atoms with Gasteiger partial charge in [0.1, 0.15) is 5.69 Å². The molecule has 0 radical (unpaired) electrons. The van der Waals surface area contributed by atoms with Crippen LogP contribution in [0.5, 0.6) is 0 Å². The molecule has 1 atom stereocenters. The summed E-state index contributed by atoms with van der Waals surface area (Å²) in [6.07, 6.45) is -0.402. The van der Waals surface area contributed by atoms with Crippen LogP contribution in [0, 0.1) is 0 Å². The number of nitrogens with one attached hydrogen (secondary N) is 2. The highest BCUT2D eigenvalue weighted by atomic mass is 32.1. The van der Waals surface area contributed by atoms with Crippen molar-refractivity contribution in [3.05, 3.63) is 59.9 Å². The van der Waals surface area contributed by atoms with Gasteiger partial charge < -0.3 is 15.2 Å². The Morgan fingerprint density at radius 2 is 1.93 bits per heavy atom. The fourth-order valence-electron chi connectivity index (χ4n) is 3.18. The molecule has 0 spiro atoms. The van der Waals surface area contributed by atoms with Crippen LogP contribution in [0.1, 0.15) is 39.5 Å². The van der Waals surface area contributed by atoms with Gasteiger partial charge in [0.25, 0.3) is 11.8 Å². The molecule has 1 aliphatic heterocycles. The lowest BCUT2D eigenvalue weighted by molar-refractivity contribution is -0.137. The molecule has 2 amide bonds. The van der Waals surface area contributed by atoms with Gasteiger partial charge in [-0.2, -0.15) is 31.8 Å². The Balaban J connectivity index is 0.00000256. The normalized spacial score (nSPS) is 16.1. The number of rotatable bonds is 3. The molecule has 0 saturated heterocycles. The van der Waals surface area contributed by atoms with Crippen LogP contribution in [0.25, 0.3) is 0 Å². The summed E-state index contributed by atoms with van der Waals surface area (Å²) < 4.78 is 39.9. The lowest BCUT2D eigenvalue weighted by Crippen LogP contribution is -2.43. The van der Waals surface area contributed by atoms with Crippen LogP contribution in [0.4, 0.5) is 24.5 Å². The molecule has 8 nitrogen and oxygen atoms in total. The minimum atomic E-state index is -4.46. The Hall–Kier alpha value is -3.28. The predicted molar refractivity (Wildman–Crippen MR) is 107 cm³/mol. The largest absolute Gasteiger partial charge is 0.416 e. The van der Waals surface area contributed by atoms with Crippen molar-refractivity contribution in [1.82, 2.24) is 19.7 Å². The van der Waals surface area contributed by atoms with E-state index in [1.807, 2.05) is 6.92 Å². The number of aromatic nitrogens is 4. The topological polar surface area (TPSA) is 95.9 Å². The molecule has 30 heavy (non-hydrogen) atoms. The zero-order valence-corrected chi connectivity index (χ0v) is 16.6. The Morgan fingerprint density at radius 3 is 2.53 bits per heavy atom. The average molecular weight is 438 g/mol. The standard InChI is InChI=1S/C18H15F3N6O2.H2S/c1-10-8-26(12-4-2-11(3-5-12)18(19,20)21)17(29)15-13(7-24-27(10)15)25-16(28)14-6-22-9-23-14;/h2-7,9-10H,8H2,1H3,(H,22,23)(H,25,28);1H2/t10-;/m0./s1. The van der Waals surface area contributed by atoms with Crippen molar-refractivity contribution in [2.45, 2.75) is 19.1 Å². The van der Waals surface area contributed by atoms with Gasteiger partial charge in [0.15, 0.2) is 5.69 Å². The van der Waals surface area contributed by atoms with Crippen molar-refractivity contribution in [1.29, 1.82) is 0 Å². The first-order chi connectivity index (χ1) is 13.8. The number of anilines is 2. The summed E-state index contributed by atoms with van der Waals surface area (Å²) in [6.45, 7) is 2.05. The van der Waals surface area contributed by atoms with Gasteiger partial charge in [-0.05, 0) is 31.2 Å². The van der Waals surface area contributed by atoms with Crippen molar-refractivity contribution in [3.63, 3.8) is 0 Å². The molecule has 158 valence electrons. The molecule has 0 saturated carbocycles. The number of hydrogen-bond acceptors (Lipinski definition) is 4. The van der Waals surface area contributed by atoms with Crippen molar-refractivity contribution < 1.29 is 22.8 Å². The van der Waals surface area contributed by atoms with E-state index >= 15 is 0 Å². The maximum absolute atomic E-state index is 13.1. The summed E-state index contributed by atoms with van der Waals surface area (Å²) in [5.74, 6) is -0.967. The number of alkyl halides is 3. The highest BCUT2D eigenvalue weighted by molar-refractivity contribution is 7.59. The fourth-order valence-corrected chi connectivity index (χ4v) is 3.18. The van der Waals surface area contributed by atoms with E-state index in [-0.39, 0.29) is 43.2 Å². The quantitative estimate of drug-likeness (QED) is 0.656. The van der Waals surface area contributed by atoms with E-state index in [9.17, 15) is 22.8 Å². The van der Waals surface area contributed by atoms with Crippen molar-refractivity contribution in [3.8, 4) is 0 Å². The number of carbonyl (C=O) groups excluding carboxylic acids is 2. The van der Waals surface area contributed by atoms with Crippen molar-refractivity contribution in [2.75, 3.05) is 16.8 Å². The van der Waals surface area contributed by atoms with Gasteiger partial charge in [-0.1, -0.05) is 0 Å². The third-order valence-corrected chi connectivity index (χ3v) is 4.60. The number of aromatic amines is 1. The summed E-state index contributed by atoms with van der Waals surface area (Å²) in [7, 11) is 0. The smallest absolute Gasteiger partial charge is 0.341 e. The maximum atomic E-state index is 13.1. The molecular weight excluding hydrogens is 421 g/mol. The summed E-state index contributed by atoms with van der Waals surface area (Å²) in [6, 6.07) is 4.12. The zero-order valence-electron chi connectivity index (χ0n) is 15.6. The molecule has 2 aromatic heterocycles. The third-order valence-electron chi connectivity index (χ3n) is 4.60. The maximum Gasteiger partial charge on any atom is 0.416 e. The Morgan fingerprint density at radius 1 is 1.23 bits per heavy atom. The molecule has 0 bridgehead atoms. The molecule has 12 heteroatoms. The van der Waals surface area contributed by atoms with Gasteiger partial charge in [-0.15, -0.1) is 0 Å². The average Bonchev–Trinajstić information content (AvgIpc) is 3.34. The molecule has 1 aliphatic rings. The number of carbonyl (C=O) groups is 2. The van der Waals surface area contributed by atoms with Crippen LogP contribution < -0.4 is 10.2 Å². The second-order valence-corrected chi connectivity index (χ2v) is 6.58. The summed E-state index contributed by atoms with van der Waals surface area (Å²) in [5, 5.41) is 6.79. The minimum absolute atomic E-state index is 0. The molecule has 2 N–H and O–H groups in total. The van der Waals surface area contributed by atoms with Gasteiger partial charge >= 0.3 is 6.18 Å². The monoisotopic (exact) mass is 438 g/mol. The van der Waals surface area contributed by atoms with E-state index in [4.69, 9.17) is 0 Å². The van der Waals surface area contributed by atoms with Crippen molar-refractivity contribution in [2.24, 2.45) is 0 Å². The molecule has 0 fully saturated rings. The molecule has 3 aromatic rings. The Kier molecular flexibility index (Phi) is 5.61.